The van der Waals surface area contributed by atoms with E-state index in [9.17, 15) is 4.79 Å². The first-order valence-corrected chi connectivity index (χ1v) is 8.18. The highest BCUT2D eigenvalue weighted by molar-refractivity contribution is 6.42. The molecule has 0 aliphatic rings. The van der Waals surface area contributed by atoms with Crippen molar-refractivity contribution in [3.05, 3.63) is 64.1 Å². The van der Waals surface area contributed by atoms with Gasteiger partial charge >= 0.3 is 0 Å². The average Bonchev–Trinajstić information content (AvgIpc) is 2.57. The van der Waals surface area contributed by atoms with Crippen molar-refractivity contribution >= 4 is 29.1 Å². The summed E-state index contributed by atoms with van der Waals surface area (Å²) in [6.45, 7) is 4.29. The number of hydrogen-bond acceptors (Lipinski definition) is 2. The molecule has 1 amide bonds. The Balaban J connectivity index is 1.89. The molecule has 0 spiro atoms. The van der Waals surface area contributed by atoms with Crippen LogP contribution in [0.2, 0.25) is 10.0 Å². The minimum absolute atomic E-state index is 0.191. The van der Waals surface area contributed by atoms with Gasteiger partial charge in [-0.15, -0.1) is 0 Å². The molecule has 0 aliphatic heterocycles. The second-order valence-electron chi connectivity index (χ2n) is 5.37. The average molecular weight is 352 g/mol. The van der Waals surface area contributed by atoms with Gasteiger partial charge in [-0.2, -0.15) is 0 Å². The van der Waals surface area contributed by atoms with E-state index in [1.54, 1.807) is 25.1 Å². The van der Waals surface area contributed by atoms with E-state index in [0.29, 0.717) is 22.3 Å². The first-order valence-electron chi connectivity index (χ1n) is 7.42. The third-order valence-corrected chi connectivity index (χ3v) is 4.34. The second-order valence-corrected chi connectivity index (χ2v) is 6.15. The van der Waals surface area contributed by atoms with Crippen molar-refractivity contribution in [2.75, 3.05) is 6.54 Å². The van der Waals surface area contributed by atoms with Crippen molar-refractivity contribution < 1.29 is 9.53 Å². The van der Waals surface area contributed by atoms with Crippen LogP contribution in [0.15, 0.2) is 48.5 Å². The summed E-state index contributed by atoms with van der Waals surface area (Å²) in [5.41, 5.74) is 1.18. The fourth-order valence-corrected chi connectivity index (χ4v) is 2.45. The number of rotatable bonds is 6. The molecule has 0 aromatic heterocycles. The molecule has 0 saturated carbocycles. The van der Waals surface area contributed by atoms with Crippen molar-refractivity contribution in [3.8, 4) is 5.75 Å². The molecule has 5 heteroatoms. The van der Waals surface area contributed by atoms with E-state index in [1.165, 1.54) is 5.56 Å². The smallest absolute Gasteiger partial charge is 0.260 e. The predicted molar refractivity (Wildman–Crippen MR) is 94.4 cm³/mol. The molecule has 122 valence electrons. The molecule has 2 aromatic rings. The van der Waals surface area contributed by atoms with Crippen molar-refractivity contribution in [1.29, 1.82) is 0 Å². The van der Waals surface area contributed by atoms with Crippen LogP contribution in [0.1, 0.15) is 25.3 Å². The van der Waals surface area contributed by atoms with Gasteiger partial charge in [-0.3, -0.25) is 4.79 Å². The number of benzene rings is 2. The number of hydrogen-bond donors (Lipinski definition) is 1. The number of carbonyl (C=O) groups excluding carboxylic acids is 1. The molecule has 2 aromatic carbocycles. The lowest BCUT2D eigenvalue weighted by Gasteiger charge is -2.18. The minimum Gasteiger partial charge on any atom is -0.479 e. The summed E-state index contributed by atoms with van der Waals surface area (Å²) >= 11 is 12.0. The Morgan fingerprint density at radius 3 is 2.48 bits per heavy atom. The SMILES string of the molecule is CC(Oc1cccc(Cl)c1Cl)C(=O)NCC(C)c1ccccc1. The molecular weight excluding hydrogens is 333 g/mol. The Labute approximate surface area is 146 Å². The van der Waals surface area contributed by atoms with Crippen LogP contribution in [0, 0.1) is 0 Å². The highest BCUT2D eigenvalue weighted by atomic mass is 35.5. The largest absolute Gasteiger partial charge is 0.479 e. The fraction of sp³-hybridized carbons (Fsp3) is 0.278. The number of halogens is 2. The molecule has 0 bridgehead atoms. The maximum atomic E-state index is 12.2. The number of nitrogens with one attached hydrogen (secondary N) is 1. The monoisotopic (exact) mass is 351 g/mol. The molecule has 3 nitrogen and oxygen atoms in total. The maximum absolute atomic E-state index is 12.2. The first kappa shape index (κ1) is 17.6. The summed E-state index contributed by atoms with van der Waals surface area (Å²) in [5, 5.41) is 3.60. The van der Waals surface area contributed by atoms with Crippen LogP contribution in [0.5, 0.6) is 5.75 Å². The van der Waals surface area contributed by atoms with Crippen molar-refractivity contribution in [1.82, 2.24) is 5.32 Å². The molecule has 23 heavy (non-hydrogen) atoms. The molecule has 2 rings (SSSR count). The topological polar surface area (TPSA) is 38.3 Å². The van der Waals surface area contributed by atoms with Gasteiger partial charge < -0.3 is 10.1 Å². The summed E-state index contributed by atoms with van der Waals surface area (Å²) in [5.74, 6) is 0.434. The standard InChI is InChI=1S/C18H19Cl2NO2/c1-12(14-7-4-3-5-8-14)11-21-18(22)13(2)23-16-10-6-9-15(19)17(16)20/h3-10,12-13H,11H2,1-2H3,(H,21,22). The molecular formula is C18H19Cl2NO2. The Morgan fingerprint density at radius 1 is 1.09 bits per heavy atom. The van der Waals surface area contributed by atoms with Crippen LogP contribution in [0.4, 0.5) is 0 Å². The van der Waals surface area contributed by atoms with Gasteiger partial charge in [0.05, 0.1) is 5.02 Å². The summed E-state index contributed by atoms with van der Waals surface area (Å²) in [7, 11) is 0. The van der Waals surface area contributed by atoms with Crippen LogP contribution in [0.25, 0.3) is 0 Å². The van der Waals surface area contributed by atoms with E-state index >= 15 is 0 Å². The summed E-state index contributed by atoms with van der Waals surface area (Å²) in [6, 6.07) is 15.1. The quantitative estimate of drug-likeness (QED) is 0.820. The van der Waals surface area contributed by atoms with Crippen LogP contribution >= 0.6 is 23.2 Å². The lowest BCUT2D eigenvalue weighted by atomic mass is 10.0. The Bertz CT molecular complexity index is 661. The Kier molecular flexibility index (Phi) is 6.31. The van der Waals surface area contributed by atoms with E-state index in [-0.39, 0.29) is 11.8 Å². The second kappa shape index (κ2) is 8.23. The number of ether oxygens (including phenoxy) is 1. The highest BCUT2D eigenvalue weighted by Gasteiger charge is 2.17. The number of carbonyl (C=O) groups is 1. The molecule has 0 aliphatic carbocycles. The molecule has 0 fully saturated rings. The van der Waals surface area contributed by atoms with E-state index in [0.717, 1.165) is 0 Å². The van der Waals surface area contributed by atoms with Gasteiger partial charge in [-0.25, -0.2) is 0 Å². The highest BCUT2D eigenvalue weighted by Crippen LogP contribution is 2.32. The van der Waals surface area contributed by atoms with E-state index in [1.807, 2.05) is 30.3 Å². The van der Waals surface area contributed by atoms with Gasteiger partial charge in [0.1, 0.15) is 10.8 Å². The summed E-state index contributed by atoms with van der Waals surface area (Å²) < 4.78 is 5.60. The molecule has 0 saturated heterocycles. The Hall–Kier alpha value is -1.71. The summed E-state index contributed by atoms with van der Waals surface area (Å²) in [4.78, 5) is 12.2. The minimum atomic E-state index is -0.658. The lowest BCUT2D eigenvalue weighted by molar-refractivity contribution is -0.127. The zero-order valence-electron chi connectivity index (χ0n) is 13.1. The van der Waals surface area contributed by atoms with Gasteiger partial charge in [-0.05, 0) is 30.5 Å². The molecule has 2 atom stereocenters. The van der Waals surface area contributed by atoms with E-state index in [4.69, 9.17) is 27.9 Å². The predicted octanol–water partition coefficient (Wildman–Crippen LogP) is 4.68. The van der Waals surface area contributed by atoms with Gasteiger partial charge in [0.2, 0.25) is 0 Å². The molecule has 0 radical (unpaired) electrons. The zero-order valence-corrected chi connectivity index (χ0v) is 14.6. The molecule has 1 N–H and O–H groups in total. The van der Waals surface area contributed by atoms with Gasteiger partial charge in [0, 0.05) is 6.54 Å². The van der Waals surface area contributed by atoms with Gasteiger partial charge in [-0.1, -0.05) is 66.5 Å². The zero-order chi connectivity index (χ0) is 16.8. The van der Waals surface area contributed by atoms with Crippen LogP contribution < -0.4 is 10.1 Å². The van der Waals surface area contributed by atoms with Crippen molar-refractivity contribution in [2.24, 2.45) is 0 Å². The summed E-state index contributed by atoms with van der Waals surface area (Å²) in [6.07, 6.45) is -0.658. The molecule has 2 unspecified atom stereocenters. The first-order chi connectivity index (χ1) is 11.0. The fourth-order valence-electron chi connectivity index (χ4n) is 2.12. The Morgan fingerprint density at radius 2 is 1.78 bits per heavy atom. The van der Waals surface area contributed by atoms with Gasteiger partial charge in [0.25, 0.3) is 5.91 Å². The van der Waals surface area contributed by atoms with Crippen LogP contribution in [0.3, 0.4) is 0 Å². The van der Waals surface area contributed by atoms with E-state index in [2.05, 4.69) is 12.2 Å². The maximum Gasteiger partial charge on any atom is 0.260 e. The number of amides is 1. The van der Waals surface area contributed by atoms with Crippen LogP contribution in [-0.4, -0.2) is 18.6 Å². The van der Waals surface area contributed by atoms with Crippen LogP contribution in [-0.2, 0) is 4.79 Å². The van der Waals surface area contributed by atoms with E-state index < -0.39 is 6.10 Å². The van der Waals surface area contributed by atoms with Gasteiger partial charge in [0.15, 0.2) is 6.10 Å². The third-order valence-electron chi connectivity index (χ3n) is 3.54. The van der Waals surface area contributed by atoms with Crippen molar-refractivity contribution in [3.63, 3.8) is 0 Å². The van der Waals surface area contributed by atoms with Crippen molar-refractivity contribution in [2.45, 2.75) is 25.9 Å². The molecule has 0 heterocycles. The lowest BCUT2D eigenvalue weighted by Crippen LogP contribution is -2.38. The normalized spacial score (nSPS) is 13.2. The third kappa shape index (κ3) is 4.88.